The molecule has 7 heteroatoms. The third kappa shape index (κ3) is 2.70. The Morgan fingerprint density at radius 1 is 1.58 bits per heavy atom. The zero-order chi connectivity index (χ0) is 14.0. The molecule has 1 saturated heterocycles. The number of halogens is 2. The largest absolute Gasteiger partial charge is 0.409 e. The van der Waals surface area contributed by atoms with Crippen molar-refractivity contribution >= 4 is 27.7 Å². The molecule has 1 heterocycles. The Morgan fingerprint density at radius 2 is 2.32 bits per heavy atom. The number of benzene rings is 1. The van der Waals surface area contributed by atoms with Gasteiger partial charge >= 0.3 is 0 Å². The van der Waals surface area contributed by atoms with Crippen molar-refractivity contribution < 1.29 is 14.4 Å². The van der Waals surface area contributed by atoms with E-state index in [9.17, 15) is 9.18 Å². The Kier molecular flexibility index (Phi) is 4.04. The number of hydrogen-bond donors (Lipinski definition) is 2. The second-order valence-corrected chi connectivity index (χ2v) is 5.16. The quantitative estimate of drug-likeness (QED) is 0.376. The van der Waals surface area contributed by atoms with Crippen LogP contribution in [0.15, 0.2) is 27.8 Å². The molecule has 0 aliphatic carbocycles. The number of amidine groups is 1. The lowest BCUT2D eigenvalue weighted by atomic mass is 10.1. The highest BCUT2D eigenvalue weighted by Crippen LogP contribution is 2.22. The molecule has 1 amide bonds. The van der Waals surface area contributed by atoms with E-state index < -0.39 is 11.9 Å². The fraction of sp³-hybridized carbons (Fsp3) is 0.333. The minimum absolute atomic E-state index is 0.00318. The van der Waals surface area contributed by atoms with E-state index >= 15 is 0 Å². The summed E-state index contributed by atoms with van der Waals surface area (Å²) in [6, 6.07) is 3.77. The molecule has 0 bridgehead atoms. The SMILES string of the molecule is NC(=NO)C1CCCN1C(=O)c1ccc(Br)c(F)c1. The first-order valence-corrected chi connectivity index (χ1v) is 6.57. The van der Waals surface area contributed by atoms with Crippen LogP contribution < -0.4 is 5.73 Å². The average molecular weight is 330 g/mol. The number of carbonyl (C=O) groups is 1. The molecule has 19 heavy (non-hydrogen) atoms. The first-order valence-electron chi connectivity index (χ1n) is 5.78. The predicted octanol–water partition coefficient (Wildman–Crippen LogP) is 1.94. The summed E-state index contributed by atoms with van der Waals surface area (Å²) < 4.78 is 13.7. The average Bonchev–Trinajstić information content (AvgIpc) is 2.89. The number of nitrogens with two attached hydrogens (primary N) is 1. The van der Waals surface area contributed by atoms with Crippen LogP contribution in [0.3, 0.4) is 0 Å². The van der Waals surface area contributed by atoms with E-state index in [1.165, 1.54) is 23.1 Å². The van der Waals surface area contributed by atoms with Gasteiger partial charge < -0.3 is 15.8 Å². The van der Waals surface area contributed by atoms with E-state index in [1.807, 2.05) is 0 Å². The first-order chi connectivity index (χ1) is 9.04. The van der Waals surface area contributed by atoms with Crippen molar-refractivity contribution in [3.8, 4) is 0 Å². The van der Waals surface area contributed by atoms with Gasteiger partial charge in [0.2, 0.25) is 0 Å². The summed E-state index contributed by atoms with van der Waals surface area (Å²) in [6.07, 6.45) is 1.41. The monoisotopic (exact) mass is 329 g/mol. The minimum Gasteiger partial charge on any atom is -0.409 e. The van der Waals surface area contributed by atoms with Crippen LogP contribution in [0.25, 0.3) is 0 Å². The molecular formula is C12H13BrFN3O2. The van der Waals surface area contributed by atoms with Crippen LogP contribution in [-0.4, -0.2) is 34.4 Å². The van der Waals surface area contributed by atoms with Gasteiger partial charge in [0.15, 0.2) is 5.84 Å². The van der Waals surface area contributed by atoms with E-state index in [0.29, 0.717) is 17.4 Å². The van der Waals surface area contributed by atoms with Crippen molar-refractivity contribution in [1.82, 2.24) is 4.90 Å². The number of nitrogens with zero attached hydrogens (tertiary/aromatic N) is 2. The highest BCUT2D eigenvalue weighted by atomic mass is 79.9. The second-order valence-electron chi connectivity index (χ2n) is 4.31. The molecule has 1 aromatic carbocycles. The highest BCUT2D eigenvalue weighted by molar-refractivity contribution is 9.10. The van der Waals surface area contributed by atoms with Gasteiger partial charge in [0.25, 0.3) is 5.91 Å². The molecule has 1 atom stereocenters. The number of likely N-dealkylation sites (tertiary alicyclic amines) is 1. The fourth-order valence-electron chi connectivity index (χ4n) is 2.18. The van der Waals surface area contributed by atoms with E-state index in [0.717, 1.165) is 6.42 Å². The maximum absolute atomic E-state index is 13.4. The summed E-state index contributed by atoms with van der Waals surface area (Å²) in [7, 11) is 0. The van der Waals surface area contributed by atoms with Crippen LogP contribution in [0.2, 0.25) is 0 Å². The van der Waals surface area contributed by atoms with Crippen molar-refractivity contribution in [3.05, 3.63) is 34.1 Å². The fourth-order valence-corrected chi connectivity index (χ4v) is 2.43. The number of rotatable bonds is 2. The third-order valence-electron chi connectivity index (χ3n) is 3.14. The van der Waals surface area contributed by atoms with E-state index in [-0.39, 0.29) is 17.3 Å². The zero-order valence-corrected chi connectivity index (χ0v) is 11.6. The Bertz CT molecular complexity index is 536. The molecule has 0 aromatic heterocycles. The topological polar surface area (TPSA) is 78.9 Å². The van der Waals surface area contributed by atoms with Gasteiger partial charge in [0.1, 0.15) is 5.82 Å². The summed E-state index contributed by atoms with van der Waals surface area (Å²) in [5.74, 6) is -0.811. The van der Waals surface area contributed by atoms with Gasteiger partial charge in [-0.3, -0.25) is 4.79 Å². The van der Waals surface area contributed by atoms with Crippen LogP contribution in [0.1, 0.15) is 23.2 Å². The van der Waals surface area contributed by atoms with Crippen LogP contribution in [0.5, 0.6) is 0 Å². The lowest BCUT2D eigenvalue weighted by Crippen LogP contribution is -2.43. The molecule has 1 aliphatic heterocycles. The Hall–Kier alpha value is -1.63. The zero-order valence-electron chi connectivity index (χ0n) is 10.0. The molecule has 1 fully saturated rings. The van der Waals surface area contributed by atoms with Crippen LogP contribution in [0, 0.1) is 5.82 Å². The molecule has 0 saturated carbocycles. The lowest BCUT2D eigenvalue weighted by molar-refractivity contribution is 0.0767. The molecule has 1 unspecified atom stereocenters. The van der Waals surface area contributed by atoms with Crippen LogP contribution >= 0.6 is 15.9 Å². The van der Waals surface area contributed by atoms with Gasteiger partial charge in [-0.2, -0.15) is 0 Å². The van der Waals surface area contributed by atoms with Gasteiger partial charge in [0, 0.05) is 12.1 Å². The number of amides is 1. The molecule has 5 nitrogen and oxygen atoms in total. The molecule has 0 radical (unpaired) electrons. The predicted molar refractivity (Wildman–Crippen MR) is 71.6 cm³/mol. The van der Waals surface area contributed by atoms with Crippen molar-refractivity contribution in [2.75, 3.05) is 6.54 Å². The van der Waals surface area contributed by atoms with E-state index in [4.69, 9.17) is 10.9 Å². The molecule has 1 aliphatic rings. The van der Waals surface area contributed by atoms with Gasteiger partial charge in [-0.15, -0.1) is 0 Å². The van der Waals surface area contributed by atoms with Crippen molar-refractivity contribution in [3.63, 3.8) is 0 Å². The lowest BCUT2D eigenvalue weighted by Gasteiger charge is -2.23. The first kappa shape index (κ1) is 13.8. The normalized spacial score (nSPS) is 19.8. The van der Waals surface area contributed by atoms with E-state index in [1.54, 1.807) is 0 Å². The molecule has 0 spiro atoms. The summed E-state index contributed by atoms with van der Waals surface area (Å²) >= 11 is 3.04. The molecule has 3 N–H and O–H groups in total. The maximum atomic E-state index is 13.4. The Balaban J connectivity index is 2.25. The molecule has 2 rings (SSSR count). The molecular weight excluding hydrogens is 317 g/mol. The standard InChI is InChI=1S/C12H13BrFN3O2/c13-8-4-3-7(6-9(8)14)12(18)17-5-1-2-10(17)11(15)16-19/h3-4,6,10,19H,1-2,5H2,(H2,15,16). The van der Waals surface area contributed by atoms with Gasteiger partial charge in [-0.05, 0) is 47.0 Å². The summed E-state index contributed by atoms with van der Waals surface area (Å²) in [5.41, 5.74) is 5.81. The van der Waals surface area contributed by atoms with Gasteiger partial charge in [-0.25, -0.2) is 4.39 Å². The van der Waals surface area contributed by atoms with Crippen LogP contribution in [0.4, 0.5) is 4.39 Å². The molecule has 102 valence electrons. The van der Waals surface area contributed by atoms with Crippen molar-refractivity contribution in [1.29, 1.82) is 0 Å². The minimum atomic E-state index is -0.495. The Morgan fingerprint density at radius 3 is 2.95 bits per heavy atom. The highest BCUT2D eigenvalue weighted by Gasteiger charge is 2.32. The number of oxime groups is 1. The van der Waals surface area contributed by atoms with Crippen LogP contribution in [-0.2, 0) is 0 Å². The number of hydrogen-bond acceptors (Lipinski definition) is 3. The third-order valence-corrected chi connectivity index (χ3v) is 3.78. The van der Waals surface area contributed by atoms with Gasteiger partial charge in [-0.1, -0.05) is 5.16 Å². The van der Waals surface area contributed by atoms with Crippen molar-refractivity contribution in [2.45, 2.75) is 18.9 Å². The number of carbonyl (C=O) groups excluding carboxylic acids is 1. The molecule has 1 aromatic rings. The summed E-state index contributed by atoms with van der Waals surface area (Å²) in [5, 5.41) is 11.7. The Labute approximate surface area is 118 Å². The van der Waals surface area contributed by atoms with Gasteiger partial charge in [0.05, 0.1) is 10.5 Å². The maximum Gasteiger partial charge on any atom is 0.254 e. The summed E-state index contributed by atoms with van der Waals surface area (Å²) in [6.45, 7) is 0.511. The summed E-state index contributed by atoms with van der Waals surface area (Å²) in [4.78, 5) is 13.8. The smallest absolute Gasteiger partial charge is 0.254 e. The van der Waals surface area contributed by atoms with E-state index in [2.05, 4.69) is 21.1 Å². The second kappa shape index (κ2) is 5.56. The van der Waals surface area contributed by atoms with Crippen molar-refractivity contribution in [2.24, 2.45) is 10.9 Å².